The van der Waals surface area contributed by atoms with Crippen molar-refractivity contribution in [2.45, 2.75) is 17.6 Å². The molecular formula is C13H10ClNO3. The highest BCUT2D eigenvalue weighted by Crippen LogP contribution is 2.42. The van der Waals surface area contributed by atoms with Crippen LogP contribution in [0.1, 0.15) is 5.56 Å². The van der Waals surface area contributed by atoms with Crippen LogP contribution in [-0.2, 0) is 20.9 Å². The number of hydrogen-bond donors (Lipinski definition) is 0. The number of β-lactam (4-membered cyclic amide) rings is 1. The lowest BCUT2D eigenvalue weighted by Gasteiger charge is -2.50. The molecule has 1 aromatic rings. The highest BCUT2D eigenvalue weighted by Gasteiger charge is 2.62. The molecule has 0 radical (unpaired) electrons. The molecule has 2 heterocycles. The molecule has 18 heavy (non-hydrogen) atoms. The zero-order chi connectivity index (χ0) is 12.8. The molecule has 1 saturated heterocycles. The van der Waals surface area contributed by atoms with E-state index in [0.29, 0.717) is 6.54 Å². The number of likely N-dealkylation sites (tertiary alicyclic amines) is 1. The van der Waals surface area contributed by atoms with Gasteiger partial charge in [-0.25, -0.2) is 4.79 Å². The summed E-state index contributed by atoms with van der Waals surface area (Å²) in [5.41, 5.74) is -0.129. The van der Waals surface area contributed by atoms with Crippen LogP contribution in [0.2, 0.25) is 0 Å². The Kier molecular flexibility index (Phi) is 2.41. The van der Waals surface area contributed by atoms with E-state index in [2.05, 4.69) is 0 Å². The van der Waals surface area contributed by atoms with Crippen LogP contribution in [0.4, 0.5) is 0 Å². The molecule has 2 aliphatic rings. The molecule has 92 valence electrons. The van der Waals surface area contributed by atoms with Crippen molar-refractivity contribution in [1.29, 1.82) is 0 Å². The van der Waals surface area contributed by atoms with E-state index >= 15 is 0 Å². The quantitative estimate of drug-likeness (QED) is 0.461. The molecule has 0 aromatic heterocycles. The Labute approximate surface area is 109 Å². The van der Waals surface area contributed by atoms with Gasteiger partial charge < -0.3 is 4.74 Å². The fraction of sp³-hybridized carbons (Fsp3) is 0.231. The molecule has 0 unspecified atom stereocenters. The van der Waals surface area contributed by atoms with Gasteiger partial charge >= 0.3 is 5.97 Å². The average molecular weight is 264 g/mol. The monoisotopic (exact) mass is 263 g/mol. The molecule has 5 heteroatoms. The molecule has 0 saturated carbocycles. The first-order valence-electron chi connectivity index (χ1n) is 5.55. The summed E-state index contributed by atoms with van der Waals surface area (Å²) in [6, 6.07) is 9.49. The average Bonchev–Trinajstić information content (AvgIpc) is 2.81. The summed E-state index contributed by atoms with van der Waals surface area (Å²) < 4.78 is 5.18. The molecule has 4 nitrogen and oxygen atoms in total. The smallest absolute Gasteiger partial charge is 0.333 e. The van der Waals surface area contributed by atoms with Gasteiger partial charge in [-0.05, 0) is 11.6 Å². The fourth-order valence-corrected chi connectivity index (χ4v) is 2.57. The first kappa shape index (κ1) is 11.3. The first-order valence-corrected chi connectivity index (χ1v) is 5.99. The number of ether oxygens (including phenoxy) is 1. The maximum Gasteiger partial charge on any atom is 0.333 e. The van der Waals surface area contributed by atoms with Gasteiger partial charge in [0.15, 0.2) is 5.38 Å². The van der Waals surface area contributed by atoms with Crippen LogP contribution in [-0.4, -0.2) is 27.9 Å². The summed E-state index contributed by atoms with van der Waals surface area (Å²) in [5.74, 6) is -0.689. The molecule has 2 aliphatic heterocycles. The van der Waals surface area contributed by atoms with Crippen LogP contribution < -0.4 is 0 Å². The number of amides is 1. The van der Waals surface area contributed by atoms with Gasteiger partial charge in [-0.2, -0.15) is 0 Å². The van der Waals surface area contributed by atoms with Crippen molar-refractivity contribution in [1.82, 2.24) is 4.90 Å². The third kappa shape index (κ3) is 1.46. The van der Waals surface area contributed by atoms with Gasteiger partial charge in [0.05, 0.1) is 0 Å². The van der Waals surface area contributed by atoms with Crippen LogP contribution in [0, 0.1) is 0 Å². The fourth-order valence-electron chi connectivity index (χ4n) is 2.22. The Bertz CT molecular complexity index is 542. The van der Waals surface area contributed by atoms with Gasteiger partial charge in [-0.1, -0.05) is 30.3 Å². The standard InChI is InChI=1S/C13H10ClNO3/c14-11-12(17)15(8-9-4-2-1-3-5-9)13(11)7-6-10(16)18-13/h1-7,11H,8H2/t11-,13+/m1/s1. The van der Waals surface area contributed by atoms with Gasteiger partial charge in [0.25, 0.3) is 5.91 Å². The Morgan fingerprint density at radius 3 is 2.61 bits per heavy atom. The summed E-state index contributed by atoms with van der Waals surface area (Å²) in [6.45, 7) is 0.376. The van der Waals surface area contributed by atoms with E-state index in [1.165, 1.54) is 11.0 Å². The van der Waals surface area contributed by atoms with Crippen molar-refractivity contribution in [2.75, 3.05) is 0 Å². The molecule has 1 fully saturated rings. The molecule has 0 aliphatic carbocycles. The van der Waals surface area contributed by atoms with E-state index < -0.39 is 17.1 Å². The number of alkyl halides is 1. The van der Waals surface area contributed by atoms with Gasteiger partial charge in [0.2, 0.25) is 5.72 Å². The van der Waals surface area contributed by atoms with E-state index in [4.69, 9.17) is 16.3 Å². The first-order chi connectivity index (χ1) is 8.63. The minimum absolute atomic E-state index is 0.222. The van der Waals surface area contributed by atoms with Crippen molar-refractivity contribution < 1.29 is 14.3 Å². The highest BCUT2D eigenvalue weighted by atomic mass is 35.5. The minimum Gasteiger partial charge on any atom is -0.430 e. The molecular weight excluding hydrogens is 254 g/mol. The number of hydrogen-bond acceptors (Lipinski definition) is 3. The maximum absolute atomic E-state index is 11.8. The van der Waals surface area contributed by atoms with Crippen molar-refractivity contribution in [3.8, 4) is 0 Å². The third-order valence-corrected chi connectivity index (χ3v) is 3.67. The number of esters is 1. The van der Waals surface area contributed by atoms with E-state index in [1.807, 2.05) is 30.3 Å². The number of benzene rings is 1. The lowest BCUT2D eigenvalue weighted by Crippen LogP contribution is -2.71. The van der Waals surface area contributed by atoms with Crippen molar-refractivity contribution in [3.63, 3.8) is 0 Å². The van der Waals surface area contributed by atoms with Crippen molar-refractivity contribution in [3.05, 3.63) is 48.0 Å². The van der Waals surface area contributed by atoms with E-state index in [0.717, 1.165) is 5.56 Å². The summed E-state index contributed by atoms with van der Waals surface area (Å²) >= 11 is 5.97. The number of carbonyl (C=O) groups is 2. The lowest BCUT2D eigenvalue weighted by molar-refractivity contribution is -0.196. The van der Waals surface area contributed by atoms with Crippen LogP contribution in [0.25, 0.3) is 0 Å². The zero-order valence-electron chi connectivity index (χ0n) is 9.38. The van der Waals surface area contributed by atoms with E-state index in [-0.39, 0.29) is 5.91 Å². The van der Waals surface area contributed by atoms with Crippen molar-refractivity contribution >= 4 is 23.5 Å². The molecule has 0 N–H and O–H groups in total. The molecule has 1 aromatic carbocycles. The Hall–Kier alpha value is -1.81. The van der Waals surface area contributed by atoms with E-state index in [9.17, 15) is 9.59 Å². The summed E-state index contributed by atoms with van der Waals surface area (Å²) in [5, 5.41) is -0.830. The second-order valence-electron chi connectivity index (χ2n) is 4.28. The number of rotatable bonds is 2. The molecule has 1 amide bonds. The van der Waals surface area contributed by atoms with Crippen LogP contribution in [0.5, 0.6) is 0 Å². The molecule has 3 rings (SSSR count). The molecule has 0 bridgehead atoms. The zero-order valence-corrected chi connectivity index (χ0v) is 10.1. The largest absolute Gasteiger partial charge is 0.430 e. The Morgan fingerprint density at radius 1 is 1.28 bits per heavy atom. The lowest BCUT2D eigenvalue weighted by atomic mass is 9.95. The van der Waals surface area contributed by atoms with Gasteiger partial charge in [0, 0.05) is 12.6 Å². The second kappa shape index (κ2) is 3.85. The SMILES string of the molecule is O=C1C=C[C@]2(O1)[C@H](Cl)C(=O)N2Cc1ccccc1. The second-order valence-corrected chi connectivity index (χ2v) is 4.72. The normalized spacial score (nSPS) is 29.6. The van der Waals surface area contributed by atoms with Gasteiger partial charge in [-0.15, -0.1) is 11.6 Å². The Morgan fingerprint density at radius 2 is 2.00 bits per heavy atom. The Balaban J connectivity index is 1.86. The van der Waals surface area contributed by atoms with Crippen LogP contribution in [0.15, 0.2) is 42.5 Å². The summed E-state index contributed by atoms with van der Waals surface area (Å²) in [7, 11) is 0. The topological polar surface area (TPSA) is 46.6 Å². The number of carbonyl (C=O) groups excluding carboxylic acids is 2. The number of nitrogens with zero attached hydrogens (tertiary/aromatic N) is 1. The van der Waals surface area contributed by atoms with E-state index in [1.54, 1.807) is 6.08 Å². The predicted molar refractivity (Wildman–Crippen MR) is 64.6 cm³/mol. The highest BCUT2D eigenvalue weighted by molar-refractivity contribution is 6.34. The number of halogens is 1. The maximum atomic E-state index is 11.8. The predicted octanol–water partition coefficient (Wildman–Crippen LogP) is 1.45. The van der Waals surface area contributed by atoms with Gasteiger partial charge in [0.1, 0.15) is 0 Å². The summed E-state index contributed by atoms with van der Waals surface area (Å²) in [4.78, 5) is 24.5. The third-order valence-electron chi connectivity index (χ3n) is 3.17. The summed E-state index contributed by atoms with van der Waals surface area (Å²) in [6.07, 6.45) is 2.86. The van der Waals surface area contributed by atoms with Gasteiger partial charge in [-0.3, -0.25) is 9.69 Å². The minimum atomic E-state index is -1.09. The van der Waals surface area contributed by atoms with Crippen molar-refractivity contribution in [2.24, 2.45) is 0 Å². The van der Waals surface area contributed by atoms with Crippen LogP contribution in [0.3, 0.4) is 0 Å². The molecule has 2 atom stereocenters. The molecule has 1 spiro atoms. The van der Waals surface area contributed by atoms with Crippen LogP contribution >= 0.6 is 11.6 Å².